The maximum Gasteiger partial charge on any atom is 0.237 e. The van der Waals surface area contributed by atoms with Crippen molar-refractivity contribution >= 4 is 5.69 Å². The summed E-state index contributed by atoms with van der Waals surface area (Å²) in [6, 6.07) is 28.6. The zero-order valence-electron chi connectivity index (χ0n) is 22.7. The van der Waals surface area contributed by atoms with Crippen molar-refractivity contribution in [3.05, 3.63) is 132 Å². The van der Waals surface area contributed by atoms with Gasteiger partial charge in [-0.3, -0.25) is 4.68 Å². The van der Waals surface area contributed by atoms with Crippen molar-refractivity contribution in [3.63, 3.8) is 0 Å². The number of aromatic nitrogens is 3. The van der Waals surface area contributed by atoms with Crippen LogP contribution in [-0.2, 0) is 13.0 Å². The number of nitrogens with one attached hydrogen (secondary N) is 2. The molecule has 1 atom stereocenters. The largest absolute Gasteiger partial charge is 0.470 e. The number of hydrogen-bond acceptors (Lipinski definition) is 5. The first kappa shape index (κ1) is 27.6. The van der Waals surface area contributed by atoms with E-state index in [1.54, 1.807) is 23.1 Å². The van der Waals surface area contributed by atoms with Gasteiger partial charge in [0.15, 0.2) is 0 Å². The standard InChI is InChI=1S/C28H26FN5O.C6H6/c1-2-20-6-8-21(9-7-20)10-11-30-16-26-17-31-27-13-23(14-32-28(27)35-26)24-15-33-34(19-24)18-22-4-3-5-25(29)12-22;1-2-4-6-5-3-1/h1,3-9,12-15,19,26,30-31H,10-11,16-18H2;1-6H. The minimum atomic E-state index is -0.247. The molecule has 2 N–H and O–H groups in total. The van der Waals surface area contributed by atoms with Crippen LogP contribution in [0.3, 0.4) is 0 Å². The molecule has 41 heavy (non-hydrogen) atoms. The molecule has 7 heteroatoms. The summed E-state index contributed by atoms with van der Waals surface area (Å²) in [4.78, 5) is 4.53. The quantitative estimate of drug-likeness (QED) is 0.191. The van der Waals surface area contributed by atoms with E-state index in [2.05, 4.69) is 38.8 Å². The summed E-state index contributed by atoms with van der Waals surface area (Å²) in [6.45, 7) is 2.78. The molecule has 0 aliphatic carbocycles. The smallest absolute Gasteiger partial charge is 0.237 e. The summed E-state index contributed by atoms with van der Waals surface area (Å²) >= 11 is 0. The Hall–Kier alpha value is -4.93. The van der Waals surface area contributed by atoms with Gasteiger partial charge >= 0.3 is 0 Å². The van der Waals surface area contributed by atoms with E-state index in [9.17, 15) is 4.39 Å². The van der Waals surface area contributed by atoms with Gasteiger partial charge in [-0.2, -0.15) is 5.10 Å². The summed E-state index contributed by atoms with van der Waals surface area (Å²) in [6.07, 6.45) is 11.8. The van der Waals surface area contributed by atoms with Crippen LogP contribution < -0.4 is 15.4 Å². The van der Waals surface area contributed by atoms with E-state index in [1.165, 1.54) is 17.7 Å². The molecule has 2 aromatic heterocycles. The van der Waals surface area contributed by atoms with Gasteiger partial charge in [-0.15, -0.1) is 6.42 Å². The second kappa shape index (κ2) is 13.9. The third kappa shape index (κ3) is 8.04. The minimum absolute atomic E-state index is 0.00122. The Morgan fingerprint density at radius 1 is 0.951 bits per heavy atom. The average Bonchev–Trinajstić information content (AvgIpc) is 3.49. The molecule has 206 valence electrons. The van der Waals surface area contributed by atoms with Crippen LogP contribution in [-0.4, -0.2) is 40.5 Å². The van der Waals surface area contributed by atoms with Crippen molar-refractivity contribution in [2.24, 2.45) is 0 Å². The Labute approximate surface area is 240 Å². The maximum absolute atomic E-state index is 13.4. The number of rotatable bonds is 8. The fourth-order valence-electron chi connectivity index (χ4n) is 4.44. The maximum atomic E-state index is 13.4. The van der Waals surface area contributed by atoms with Gasteiger partial charge in [0, 0.05) is 35.6 Å². The molecule has 0 fully saturated rings. The fourth-order valence-corrected chi connectivity index (χ4v) is 4.44. The van der Waals surface area contributed by atoms with E-state index in [1.807, 2.05) is 66.9 Å². The summed E-state index contributed by atoms with van der Waals surface area (Å²) < 4.78 is 21.3. The monoisotopic (exact) mass is 545 g/mol. The molecule has 0 radical (unpaired) electrons. The summed E-state index contributed by atoms with van der Waals surface area (Å²) in [5.41, 5.74) is 5.76. The first-order valence-corrected chi connectivity index (χ1v) is 13.6. The van der Waals surface area contributed by atoms with Crippen LogP contribution in [0.25, 0.3) is 11.1 Å². The van der Waals surface area contributed by atoms with Crippen molar-refractivity contribution in [1.82, 2.24) is 20.1 Å². The normalized spacial score (nSPS) is 13.5. The molecule has 1 aliphatic rings. The molecule has 3 aromatic carbocycles. The van der Waals surface area contributed by atoms with Crippen molar-refractivity contribution in [1.29, 1.82) is 0 Å². The zero-order chi connectivity index (χ0) is 28.3. The lowest BCUT2D eigenvalue weighted by Gasteiger charge is -2.27. The van der Waals surface area contributed by atoms with Crippen molar-refractivity contribution in [2.75, 3.05) is 25.0 Å². The van der Waals surface area contributed by atoms with Crippen molar-refractivity contribution in [3.8, 4) is 29.4 Å². The summed E-state index contributed by atoms with van der Waals surface area (Å²) in [5.74, 6) is 2.99. The van der Waals surface area contributed by atoms with Crippen molar-refractivity contribution < 1.29 is 9.13 Å². The molecule has 1 unspecified atom stereocenters. The number of ether oxygens (including phenoxy) is 1. The van der Waals surface area contributed by atoms with Gasteiger partial charge in [0.1, 0.15) is 11.9 Å². The molecule has 0 amide bonds. The highest BCUT2D eigenvalue weighted by molar-refractivity contribution is 5.69. The van der Waals surface area contributed by atoms with Crippen LogP contribution in [0.1, 0.15) is 16.7 Å². The fraction of sp³-hybridized carbons (Fsp3) is 0.176. The molecule has 6 rings (SSSR count). The minimum Gasteiger partial charge on any atom is -0.470 e. The lowest BCUT2D eigenvalue weighted by molar-refractivity contribution is 0.194. The Balaban J connectivity index is 0.000000500. The number of hydrogen-bond donors (Lipinski definition) is 2. The average molecular weight is 546 g/mol. The van der Waals surface area contributed by atoms with Crippen LogP contribution in [0.4, 0.5) is 10.1 Å². The second-order valence-corrected chi connectivity index (χ2v) is 9.70. The molecule has 0 saturated carbocycles. The highest BCUT2D eigenvalue weighted by Gasteiger charge is 2.21. The molecule has 0 saturated heterocycles. The van der Waals surface area contributed by atoms with E-state index >= 15 is 0 Å². The summed E-state index contributed by atoms with van der Waals surface area (Å²) in [7, 11) is 0. The second-order valence-electron chi connectivity index (χ2n) is 9.70. The van der Waals surface area contributed by atoms with Gasteiger partial charge in [0.25, 0.3) is 0 Å². The topological polar surface area (TPSA) is 64.0 Å². The van der Waals surface area contributed by atoms with Gasteiger partial charge in [0.2, 0.25) is 5.88 Å². The van der Waals surface area contributed by atoms with E-state index in [0.29, 0.717) is 19.0 Å². The molecule has 6 nitrogen and oxygen atoms in total. The Kier molecular flexibility index (Phi) is 9.38. The van der Waals surface area contributed by atoms with E-state index < -0.39 is 0 Å². The lowest BCUT2D eigenvalue weighted by Crippen LogP contribution is -2.40. The number of pyridine rings is 1. The Morgan fingerprint density at radius 2 is 1.73 bits per heavy atom. The number of halogens is 1. The number of terminal acetylenes is 1. The zero-order valence-corrected chi connectivity index (χ0v) is 22.7. The van der Waals surface area contributed by atoms with Crippen LogP contribution in [0.5, 0.6) is 5.88 Å². The molecule has 0 bridgehead atoms. The molecule has 1 aliphatic heterocycles. The lowest BCUT2D eigenvalue weighted by atomic mass is 10.1. The third-order valence-corrected chi connectivity index (χ3v) is 6.60. The SMILES string of the molecule is C#Cc1ccc(CCNCC2CNc3cc(-c4cnn(Cc5cccc(F)c5)c4)cnc3O2)cc1.c1ccccc1. The van der Waals surface area contributed by atoms with Crippen LogP contribution >= 0.6 is 0 Å². The summed E-state index contributed by atoms with van der Waals surface area (Å²) in [5, 5.41) is 11.3. The highest BCUT2D eigenvalue weighted by atomic mass is 19.1. The molecule has 3 heterocycles. The van der Waals surface area contributed by atoms with Gasteiger partial charge in [-0.25, -0.2) is 9.37 Å². The van der Waals surface area contributed by atoms with Crippen molar-refractivity contribution in [2.45, 2.75) is 19.1 Å². The van der Waals surface area contributed by atoms with Crippen LogP contribution in [0, 0.1) is 18.2 Å². The number of benzene rings is 3. The molecule has 5 aromatic rings. The number of fused-ring (bicyclic) bond motifs is 1. The molecule has 0 spiro atoms. The predicted octanol–water partition coefficient (Wildman–Crippen LogP) is 5.81. The van der Waals surface area contributed by atoms with Gasteiger partial charge in [-0.1, -0.05) is 66.6 Å². The van der Waals surface area contributed by atoms with E-state index in [-0.39, 0.29) is 11.9 Å². The number of nitrogens with zero attached hydrogens (tertiary/aromatic N) is 3. The highest BCUT2D eigenvalue weighted by Crippen LogP contribution is 2.31. The van der Waals surface area contributed by atoms with Gasteiger partial charge < -0.3 is 15.4 Å². The number of anilines is 1. The Morgan fingerprint density at radius 3 is 2.46 bits per heavy atom. The first-order chi connectivity index (χ1) is 20.2. The van der Waals surface area contributed by atoms with Crippen LogP contribution in [0.2, 0.25) is 0 Å². The third-order valence-electron chi connectivity index (χ3n) is 6.60. The molecular weight excluding hydrogens is 513 g/mol. The van der Waals surface area contributed by atoms with Gasteiger partial charge in [-0.05, 0) is 54.4 Å². The van der Waals surface area contributed by atoms with E-state index in [4.69, 9.17) is 11.2 Å². The van der Waals surface area contributed by atoms with E-state index in [0.717, 1.165) is 47.5 Å². The Bertz CT molecular complexity index is 1550. The first-order valence-electron chi connectivity index (χ1n) is 13.6. The molecular formula is C34H32FN5O. The van der Waals surface area contributed by atoms with Gasteiger partial charge in [0.05, 0.1) is 25.0 Å². The van der Waals surface area contributed by atoms with Crippen LogP contribution in [0.15, 0.2) is 110 Å². The predicted molar refractivity (Wildman–Crippen MR) is 161 cm³/mol.